The van der Waals surface area contributed by atoms with Crippen LogP contribution in [0.15, 0.2) is 0 Å². The van der Waals surface area contributed by atoms with Gasteiger partial charge in [0.1, 0.15) is 0 Å². The number of amides is 2. The van der Waals surface area contributed by atoms with Crippen LogP contribution in [0, 0.1) is 13.8 Å². The molecule has 1 aliphatic rings. The second-order valence-corrected chi connectivity index (χ2v) is 6.63. The molecule has 1 atom stereocenters. The lowest BCUT2D eigenvalue weighted by Crippen LogP contribution is -2.50. The van der Waals surface area contributed by atoms with E-state index in [1.165, 1.54) is 0 Å². The van der Waals surface area contributed by atoms with Crippen molar-refractivity contribution in [3.05, 3.63) is 17.0 Å². The Kier molecular flexibility index (Phi) is 7.07. The maximum atomic E-state index is 13.0. The number of aryl methyl sites for hydroxylation is 1. The average Bonchev–Trinajstić information content (AvgIpc) is 2.89. The summed E-state index contributed by atoms with van der Waals surface area (Å²) in [4.78, 5) is 26.2. The largest absolute Gasteiger partial charge is 0.354 e. The number of aromatic nitrogens is 2. The summed E-state index contributed by atoms with van der Waals surface area (Å²) in [6.07, 6.45) is 2.99. The van der Waals surface area contributed by atoms with E-state index in [0.29, 0.717) is 34.7 Å². The fraction of sp³-hybridized carbons (Fsp3) is 0.706. The van der Waals surface area contributed by atoms with Crippen LogP contribution in [0.3, 0.4) is 0 Å². The molecule has 1 unspecified atom stereocenters. The predicted octanol–water partition coefficient (Wildman–Crippen LogP) is 1.28. The molecule has 1 aromatic heterocycles. The van der Waals surface area contributed by atoms with Gasteiger partial charge >= 0.3 is 6.55 Å². The normalized spacial score (nSPS) is 17.6. The second-order valence-electron chi connectivity index (χ2n) is 6.63. The highest BCUT2D eigenvalue weighted by Gasteiger charge is 2.28. The molecular weight excluding hydrogens is 344 g/mol. The molecule has 9 heteroatoms. The van der Waals surface area contributed by atoms with E-state index >= 15 is 0 Å². The fourth-order valence-electron chi connectivity index (χ4n) is 3.39. The second kappa shape index (κ2) is 9.07. The molecule has 0 aliphatic carbocycles. The van der Waals surface area contributed by atoms with Gasteiger partial charge in [-0.15, -0.1) is 0 Å². The third-order valence-corrected chi connectivity index (χ3v) is 4.84. The minimum atomic E-state index is -2.72. The van der Waals surface area contributed by atoms with Crippen LogP contribution >= 0.6 is 0 Å². The van der Waals surface area contributed by atoms with Gasteiger partial charge in [-0.05, 0) is 33.1 Å². The highest BCUT2D eigenvalue weighted by molar-refractivity contribution is 5.80. The van der Waals surface area contributed by atoms with E-state index in [-0.39, 0.29) is 37.2 Å². The summed E-state index contributed by atoms with van der Waals surface area (Å²) in [5.74, 6) is -0.252. The van der Waals surface area contributed by atoms with Crippen LogP contribution in [0.25, 0.3) is 0 Å². The van der Waals surface area contributed by atoms with Gasteiger partial charge in [0.15, 0.2) is 0 Å². The summed E-state index contributed by atoms with van der Waals surface area (Å²) in [5.41, 5.74) is 6.67. The topological polar surface area (TPSA) is 93.2 Å². The summed E-state index contributed by atoms with van der Waals surface area (Å²) in [6.45, 7) is 1.74. The molecule has 2 amide bonds. The number of nitrogens with two attached hydrogens (primary N) is 1. The van der Waals surface area contributed by atoms with Gasteiger partial charge in [-0.1, -0.05) is 0 Å². The van der Waals surface area contributed by atoms with Gasteiger partial charge in [0.2, 0.25) is 11.8 Å². The van der Waals surface area contributed by atoms with E-state index < -0.39 is 6.55 Å². The van der Waals surface area contributed by atoms with Gasteiger partial charge in [-0.2, -0.15) is 13.9 Å². The number of rotatable bonds is 7. The Labute approximate surface area is 151 Å². The summed E-state index contributed by atoms with van der Waals surface area (Å²) in [6, 6.07) is -0.0799. The van der Waals surface area contributed by atoms with Crippen LogP contribution in [-0.4, -0.2) is 52.2 Å². The van der Waals surface area contributed by atoms with Crippen molar-refractivity contribution in [3.63, 3.8) is 0 Å². The molecule has 0 bridgehead atoms. The average molecular weight is 371 g/mol. The molecule has 146 valence electrons. The van der Waals surface area contributed by atoms with Crippen LogP contribution in [0.2, 0.25) is 0 Å². The Morgan fingerprint density at radius 3 is 2.69 bits per heavy atom. The van der Waals surface area contributed by atoms with E-state index in [9.17, 15) is 18.4 Å². The van der Waals surface area contributed by atoms with Crippen molar-refractivity contribution in [1.82, 2.24) is 20.0 Å². The first-order valence-corrected chi connectivity index (χ1v) is 8.94. The molecule has 1 fully saturated rings. The molecule has 0 saturated carbocycles. The summed E-state index contributed by atoms with van der Waals surface area (Å²) < 4.78 is 26.6. The molecule has 1 aromatic rings. The van der Waals surface area contributed by atoms with E-state index in [4.69, 9.17) is 5.73 Å². The zero-order chi connectivity index (χ0) is 19.3. The first-order chi connectivity index (χ1) is 12.3. The molecule has 1 saturated heterocycles. The van der Waals surface area contributed by atoms with Crippen LogP contribution in [0.5, 0.6) is 0 Å². The molecule has 2 rings (SSSR count). The van der Waals surface area contributed by atoms with Crippen molar-refractivity contribution in [2.45, 2.75) is 58.5 Å². The van der Waals surface area contributed by atoms with Gasteiger partial charge in [0, 0.05) is 43.4 Å². The molecule has 7 nitrogen and oxygen atoms in total. The molecule has 2 heterocycles. The van der Waals surface area contributed by atoms with E-state index in [0.717, 1.165) is 19.3 Å². The fourth-order valence-corrected chi connectivity index (χ4v) is 3.39. The number of hydrogen-bond donors (Lipinski definition) is 2. The molecule has 0 radical (unpaired) electrons. The zero-order valence-corrected chi connectivity index (χ0v) is 15.3. The van der Waals surface area contributed by atoms with E-state index in [1.807, 2.05) is 0 Å². The number of nitrogens with zero attached hydrogens (tertiary/aromatic N) is 3. The van der Waals surface area contributed by atoms with Crippen molar-refractivity contribution >= 4 is 11.8 Å². The van der Waals surface area contributed by atoms with Gasteiger partial charge in [-0.25, -0.2) is 4.68 Å². The first kappa shape index (κ1) is 20.3. The third-order valence-electron chi connectivity index (χ3n) is 4.84. The number of hydrogen-bond acceptors (Lipinski definition) is 4. The standard InChI is InChI=1S/C17H27F2N5O2/c1-11-14(12(2)24(22-11)17(18)19)9-16(26)23-8-4-3-5-13(23)10-21-15(25)6-7-20/h13,17H,3-10,20H2,1-2H3,(H,21,25). The van der Waals surface area contributed by atoms with Crippen molar-refractivity contribution in [1.29, 1.82) is 0 Å². The Morgan fingerprint density at radius 1 is 1.35 bits per heavy atom. The van der Waals surface area contributed by atoms with Gasteiger partial charge in [0.05, 0.1) is 12.1 Å². The van der Waals surface area contributed by atoms with Crippen LogP contribution < -0.4 is 11.1 Å². The van der Waals surface area contributed by atoms with Crippen molar-refractivity contribution in [2.75, 3.05) is 19.6 Å². The van der Waals surface area contributed by atoms with Crippen LogP contribution in [0.4, 0.5) is 8.78 Å². The quantitative estimate of drug-likeness (QED) is 0.755. The Morgan fingerprint density at radius 2 is 2.08 bits per heavy atom. The number of carbonyl (C=O) groups is 2. The Balaban J connectivity index is 2.05. The molecule has 1 aliphatic heterocycles. The predicted molar refractivity (Wildman–Crippen MR) is 92.7 cm³/mol. The summed E-state index contributed by atoms with van der Waals surface area (Å²) in [7, 11) is 0. The molecule has 26 heavy (non-hydrogen) atoms. The highest BCUT2D eigenvalue weighted by Crippen LogP contribution is 2.22. The lowest BCUT2D eigenvalue weighted by molar-refractivity contribution is -0.134. The number of piperidine rings is 1. The Hall–Kier alpha value is -2.03. The highest BCUT2D eigenvalue weighted by atomic mass is 19.3. The molecule has 3 N–H and O–H groups in total. The maximum absolute atomic E-state index is 13.0. The van der Waals surface area contributed by atoms with E-state index in [2.05, 4.69) is 10.4 Å². The lowest BCUT2D eigenvalue weighted by atomic mass is 10.00. The summed E-state index contributed by atoms with van der Waals surface area (Å²) >= 11 is 0. The van der Waals surface area contributed by atoms with Crippen molar-refractivity contribution < 1.29 is 18.4 Å². The number of likely N-dealkylation sites (tertiary alicyclic amines) is 1. The zero-order valence-electron chi connectivity index (χ0n) is 15.3. The van der Waals surface area contributed by atoms with Crippen LogP contribution in [-0.2, 0) is 16.0 Å². The number of alkyl halides is 2. The number of carbonyl (C=O) groups excluding carboxylic acids is 2. The lowest BCUT2D eigenvalue weighted by Gasteiger charge is -2.36. The molecule has 0 spiro atoms. The summed E-state index contributed by atoms with van der Waals surface area (Å²) in [5, 5.41) is 6.65. The monoisotopic (exact) mass is 371 g/mol. The Bertz CT molecular complexity index is 647. The molecule has 0 aromatic carbocycles. The minimum absolute atomic E-state index is 0.0393. The SMILES string of the molecule is Cc1nn(C(F)F)c(C)c1CC(=O)N1CCCCC1CNC(=O)CCN. The van der Waals surface area contributed by atoms with Crippen molar-refractivity contribution in [3.8, 4) is 0 Å². The molecular formula is C17H27F2N5O2. The number of halogens is 2. The third kappa shape index (κ3) is 4.78. The van der Waals surface area contributed by atoms with Gasteiger partial charge in [-0.3, -0.25) is 9.59 Å². The van der Waals surface area contributed by atoms with Gasteiger partial charge < -0.3 is 16.0 Å². The van der Waals surface area contributed by atoms with E-state index in [1.54, 1.807) is 18.7 Å². The minimum Gasteiger partial charge on any atom is -0.354 e. The smallest absolute Gasteiger partial charge is 0.333 e. The first-order valence-electron chi connectivity index (χ1n) is 8.94. The van der Waals surface area contributed by atoms with Crippen molar-refractivity contribution in [2.24, 2.45) is 5.73 Å². The van der Waals surface area contributed by atoms with Crippen LogP contribution in [0.1, 0.15) is 49.2 Å². The number of nitrogens with one attached hydrogen (secondary N) is 1. The van der Waals surface area contributed by atoms with Gasteiger partial charge in [0.25, 0.3) is 0 Å². The maximum Gasteiger partial charge on any atom is 0.333 e.